The summed E-state index contributed by atoms with van der Waals surface area (Å²) in [6.45, 7) is 3.58. The van der Waals surface area contributed by atoms with Gasteiger partial charge in [0.1, 0.15) is 5.82 Å². The summed E-state index contributed by atoms with van der Waals surface area (Å²) in [4.78, 5) is 0. The van der Waals surface area contributed by atoms with Crippen molar-refractivity contribution in [3.8, 4) is 0 Å². The van der Waals surface area contributed by atoms with Crippen LogP contribution in [0.5, 0.6) is 0 Å². The van der Waals surface area contributed by atoms with Gasteiger partial charge in [0.15, 0.2) is 0 Å². The standard InChI is InChI=1S/C11H12BrFO/c1-2-3-4-11(14)9-6-5-8(13)7-10(9)12/h2,5-7,11,14H,1,3-4H2. The predicted octanol–water partition coefficient (Wildman–Crippen LogP) is 3.59. The molecule has 1 nitrogen and oxygen atoms in total. The zero-order chi connectivity index (χ0) is 10.6. The van der Waals surface area contributed by atoms with E-state index in [2.05, 4.69) is 22.5 Å². The first-order valence-corrected chi connectivity index (χ1v) is 5.18. The Bertz CT molecular complexity index is 325. The summed E-state index contributed by atoms with van der Waals surface area (Å²) >= 11 is 3.21. The van der Waals surface area contributed by atoms with Crippen LogP contribution in [0.25, 0.3) is 0 Å². The molecule has 1 atom stereocenters. The zero-order valence-electron chi connectivity index (χ0n) is 7.71. The maximum Gasteiger partial charge on any atom is 0.124 e. The Morgan fingerprint density at radius 3 is 2.86 bits per heavy atom. The maximum absolute atomic E-state index is 12.7. The molecule has 0 aliphatic carbocycles. The number of hydrogen-bond acceptors (Lipinski definition) is 1. The van der Waals surface area contributed by atoms with Gasteiger partial charge in [0.05, 0.1) is 6.10 Å². The fourth-order valence-corrected chi connectivity index (χ4v) is 1.82. The molecule has 0 heterocycles. The highest BCUT2D eigenvalue weighted by Gasteiger charge is 2.10. The second kappa shape index (κ2) is 5.27. The first-order valence-electron chi connectivity index (χ1n) is 4.39. The van der Waals surface area contributed by atoms with Gasteiger partial charge in [-0.25, -0.2) is 4.39 Å². The second-order valence-corrected chi connectivity index (χ2v) is 3.90. The molecule has 1 aromatic rings. The van der Waals surface area contributed by atoms with Crippen molar-refractivity contribution in [2.24, 2.45) is 0 Å². The fourth-order valence-electron chi connectivity index (χ4n) is 1.20. The molecule has 0 saturated heterocycles. The smallest absolute Gasteiger partial charge is 0.124 e. The van der Waals surface area contributed by atoms with E-state index in [9.17, 15) is 9.50 Å². The molecule has 0 bridgehead atoms. The summed E-state index contributed by atoms with van der Waals surface area (Å²) in [7, 11) is 0. The fraction of sp³-hybridized carbons (Fsp3) is 0.273. The first-order chi connectivity index (χ1) is 6.65. The molecule has 0 amide bonds. The number of benzene rings is 1. The number of aliphatic hydroxyl groups excluding tert-OH is 1. The summed E-state index contributed by atoms with van der Waals surface area (Å²) in [5.41, 5.74) is 0.716. The summed E-state index contributed by atoms with van der Waals surface area (Å²) in [6, 6.07) is 4.29. The molecular formula is C11H12BrFO. The molecule has 1 aromatic carbocycles. The van der Waals surface area contributed by atoms with Gasteiger partial charge in [0.25, 0.3) is 0 Å². The van der Waals surface area contributed by atoms with Crippen LogP contribution in [0, 0.1) is 5.82 Å². The molecule has 1 N–H and O–H groups in total. The Kier molecular flexibility index (Phi) is 4.29. The van der Waals surface area contributed by atoms with Gasteiger partial charge >= 0.3 is 0 Å². The molecule has 14 heavy (non-hydrogen) atoms. The Balaban J connectivity index is 2.78. The third kappa shape index (κ3) is 2.93. The Morgan fingerprint density at radius 2 is 2.29 bits per heavy atom. The molecular weight excluding hydrogens is 247 g/mol. The molecule has 0 aliphatic heterocycles. The quantitative estimate of drug-likeness (QED) is 0.819. The SMILES string of the molecule is C=CCCC(O)c1ccc(F)cc1Br. The monoisotopic (exact) mass is 258 g/mol. The molecule has 1 unspecified atom stereocenters. The van der Waals surface area contributed by atoms with E-state index >= 15 is 0 Å². The van der Waals surface area contributed by atoms with Crippen LogP contribution < -0.4 is 0 Å². The van der Waals surface area contributed by atoms with Gasteiger partial charge in [0, 0.05) is 4.47 Å². The molecule has 3 heteroatoms. The second-order valence-electron chi connectivity index (χ2n) is 3.05. The number of allylic oxidation sites excluding steroid dienone is 1. The van der Waals surface area contributed by atoms with E-state index in [0.29, 0.717) is 16.5 Å². The number of rotatable bonds is 4. The average Bonchev–Trinajstić information content (AvgIpc) is 2.14. The van der Waals surface area contributed by atoms with E-state index < -0.39 is 6.10 Å². The van der Waals surface area contributed by atoms with Gasteiger partial charge in [-0.3, -0.25) is 0 Å². The minimum Gasteiger partial charge on any atom is -0.388 e. The Hall–Kier alpha value is -0.670. The van der Waals surface area contributed by atoms with Gasteiger partial charge < -0.3 is 5.11 Å². The number of hydrogen-bond donors (Lipinski definition) is 1. The lowest BCUT2D eigenvalue weighted by atomic mass is 10.1. The largest absolute Gasteiger partial charge is 0.388 e. The normalized spacial score (nSPS) is 12.5. The molecule has 76 valence electrons. The van der Waals surface area contributed by atoms with Gasteiger partial charge in [-0.2, -0.15) is 0 Å². The van der Waals surface area contributed by atoms with E-state index in [1.54, 1.807) is 12.1 Å². The minimum absolute atomic E-state index is 0.309. The van der Waals surface area contributed by atoms with Crippen LogP contribution in [-0.4, -0.2) is 5.11 Å². The summed E-state index contributed by atoms with van der Waals surface area (Å²) in [5.74, 6) is -0.309. The lowest BCUT2D eigenvalue weighted by Gasteiger charge is -2.11. The van der Waals surface area contributed by atoms with E-state index in [-0.39, 0.29) is 5.82 Å². The van der Waals surface area contributed by atoms with Crippen molar-refractivity contribution in [3.05, 3.63) is 46.7 Å². The van der Waals surface area contributed by atoms with Crippen LogP contribution in [0.1, 0.15) is 24.5 Å². The first kappa shape index (κ1) is 11.4. The van der Waals surface area contributed by atoms with Crippen LogP contribution in [0.15, 0.2) is 35.3 Å². The number of halogens is 2. The molecule has 0 saturated carbocycles. The molecule has 0 radical (unpaired) electrons. The van der Waals surface area contributed by atoms with E-state index in [1.807, 2.05) is 0 Å². The van der Waals surface area contributed by atoms with E-state index in [0.717, 1.165) is 6.42 Å². The molecule has 0 fully saturated rings. The zero-order valence-corrected chi connectivity index (χ0v) is 9.30. The highest BCUT2D eigenvalue weighted by Crippen LogP contribution is 2.27. The van der Waals surface area contributed by atoms with Crippen molar-refractivity contribution in [1.82, 2.24) is 0 Å². The van der Waals surface area contributed by atoms with Crippen molar-refractivity contribution in [2.75, 3.05) is 0 Å². The maximum atomic E-state index is 12.7. The Labute approximate surface area is 91.4 Å². The van der Waals surface area contributed by atoms with E-state index in [4.69, 9.17) is 0 Å². The van der Waals surface area contributed by atoms with Crippen LogP contribution in [0.2, 0.25) is 0 Å². The molecule has 0 aromatic heterocycles. The summed E-state index contributed by atoms with van der Waals surface area (Å²) in [6.07, 6.45) is 2.53. The van der Waals surface area contributed by atoms with Crippen molar-refractivity contribution in [3.63, 3.8) is 0 Å². The van der Waals surface area contributed by atoms with Crippen LogP contribution >= 0.6 is 15.9 Å². The molecule has 0 aliphatic rings. The molecule has 1 rings (SSSR count). The van der Waals surface area contributed by atoms with Crippen molar-refractivity contribution in [1.29, 1.82) is 0 Å². The topological polar surface area (TPSA) is 20.2 Å². The highest BCUT2D eigenvalue weighted by molar-refractivity contribution is 9.10. The minimum atomic E-state index is -0.567. The lowest BCUT2D eigenvalue weighted by molar-refractivity contribution is 0.168. The third-order valence-electron chi connectivity index (χ3n) is 1.97. The third-order valence-corrected chi connectivity index (χ3v) is 2.65. The molecule has 0 spiro atoms. The van der Waals surface area contributed by atoms with Gasteiger partial charge in [-0.05, 0) is 30.5 Å². The van der Waals surface area contributed by atoms with Gasteiger partial charge in [-0.15, -0.1) is 6.58 Å². The van der Waals surface area contributed by atoms with Crippen LogP contribution in [0.3, 0.4) is 0 Å². The van der Waals surface area contributed by atoms with Crippen LogP contribution in [0.4, 0.5) is 4.39 Å². The Morgan fingerprint density at radius 1 is 1.57 bits per heavy atom. The lowest BCUT2D eigenvalue weighted by Crippen LogP contribution is -1.98. The average molecular weight is 259 g/mol. The summed E-state index contributed by atoms with van der Waals surface area (Å²) < 4.78 is 13.3. The van der Waals surface area contributed by atoms with Gasteiger partial charge in [0.2, 0.25) is 0 Å². The highest BCUT2D eigenvalue weighted by atomic mass is 79.9. The van der Waals surface area contributed by atoms with Crippen molar-refractivity contribution in [2.45, 2.75) is 18.9 Å². The predicted molar refractivity (Wildman–Crippen MR) is 58.5 cm³/mol. The van der Waals surface area contributed by atoms with Crippen molar-refractivity contribution < 1.29 is 9.50 Å². The van der Waals surface area contributed by atoms with Gasteiger partial charge in [-0.1, -0.05) is 28.1 Å². The number of aliphatic hydroxyl groups is 1. The van der Waals surface area contributed by atoms with Crippen molar-refractivity contribution >= 4 is 15.9 Å². The summed E-state index contributed by atoms with van der Waals surface area (Å²) in [5, 5.41) is 9.72. The van der Waals surface area contributed by atoms with Crippen LogP contribution in [-0.2, 0) is 0 Å². The van der Waals surface area contributed by atoms with E-state index in [1.165, 1.54) is 12.1 Å².